The number of carbonyl (C=O) groups excluding carboxylic acids is 2. The number of ether oxygens (including phenoxy) is 1. The number of nitrogens with zero attached hydrogens (tertiary/aromatic N) is 1. The molecule has 1 fully saturated rings. The first kappa shape index (κ1) is 20.8. The minimum absolute atomic E-state index is 0.193. The van der Waals surface area contributed by atoms with Gasteiger partial charge in [-0.3, -0.25) is 15.0 Å². The fourth-order valence-electron chi connectivity index (χ4n) is 2.32. The van der Waals surface area contributed by atoms with Crippen LogP contribution in [0.15, 0.2) is 53.4 Å². The molecule has 0 unspecified atom stereocenters. The van der Waals surface area contributed by atoms with Crippen LogP contribution >= 0.6 is 35.6 Å². The van der Waals surface area contributed by atoms with Gasteiger partial charge in [0.05, 0.1) is 4.91 Å². The molecular weight excluding hydrogens is 436 g/mol. The third-order valence-corrected chi connectivity index (χ3v) is 5.17. The van der Waals surface area contributed by atoms with E-state index < -0.39 is 24.4 Å². The van der Waals surface area contributed by atoms with Gasteiger partial charge < -0.3 is 9.84 Å². The predicted octanol–water partition coefficient (Wildman–Crippen LogP) is 3.35. The maximum absolute atomic E-state index is 12.6. The third-order valence-electron chi connectivity index (χ3n) is 3.63. The molecule has 148 valence electrons. The van der Waals surface area contributed by atoms with Gasteiger partial charge in [0.15, 0.2) is 10.9 Å². The van der Waals surface area contributed by atoms with Crippen LogP contribution in [0.4, 0.5) is 0 Å². The Bertz CT molecular complexity index is 1020. The van der Waals surface area contributed by atoms with Crippen LogP contribution in [0, 0.1) is 0 Å². The van der Waals surface area contributed by atoms with Gasteiger partial charge in [-0.15, -0.1) is 0 Å². The lowest BCUT2D eigenvalue weighted by molar-refractivity contribution is -0.139. The number of carboxylic acid groups (broad SMARTS) is 1. The number of rotatable bonds is 6. The molecule has 0 bridgehead atoms. The molecule has 0 aromatic heterocycles. The van der Waals surface area contributed by atoms with E-state index in [0.717, 1.165) is 16.8 Å². The lowest BCUT2D eigenvalue weighted by Crippen LogP contribution is -2.44. The molecule has 3 rings (SSSR count). The van der Waals surface area contributed by atoms with E-state index in [-0.39, 0.29) is 4.32 Å². The Morgan fingerprint density at radius 2 is 1.97 bits per heavy atom. The number of hydrogen-bond acceptors (Lipinski definition) is 6. The molecule has 10 heteroatoms. The maximum atomic E-state index is 12.6. The molecule has 0 radical (unpaired) electrons. The van der Waals surface area contributed by atoms with Gasteiger partial charge in [0.2, 0.25) is 0 Å². The zero-order valence-corrected chi connectivity index (χ0v) is 17.0. The lowest BCUT2D eigenvalue weighted by Gasteiger charge is -2.15. The molecule has 1 saturated heterocycles. The zero-order chi connectivity index (χ0) is 21.0. The summed E-state index contributed by atoms with van der Waals surface area (Å²) in [5, 5.41) is 10.0. The van der Waals surface area contributed by atoms with Crippen LogP contribution in [0.3, 0.4) is 0 Å². The van der Waals surface area contributed by atoms with E-state index in [1.807, 2.05) is 0 Å². The summed E-state index contributed by atoms with van der Waals surface area (Å²) in [6, 6.07) is 12.9. The fourth-order valence-corrected chi connectivity index (χ4v) is 3.69. The van der Waals surface area contributed by atoms with Gasteiger partial charge in [-0.1, -0.05) is 41.6 Å². The number of thioether (sulfide) groups is 1. The zero-order valence-electron chi connectivity index (χ0n) is 14.6. The second-order valence-corrected chi connectivity index (χ2v) is 7.83. The Kier molecular flexibility index (Phi) is 6.53. The van der Waals surface area contributed by atoms with Crippen LogP contribution in [-0.2, 0) is 9.59 Å². The molecule has 29 heavy (non-hydrogen) atoms. The highest BCUT2D eigenvalue weighted by Crippen LogP contribution is 2.31. The average Bonchev–Trinajstić information content (AvgIpc) is 2.94. The molecule has 2 aromatic rings. The first-order chi connectivity index (χ1) is 13.8. The van der Waals surface area contributed by atoms with Gasteiger partial charge in [-0.25, -0.2) is 4.79 Å². The first-order valence-electron chi connectivity index (χ1n) is 8.12. The van der Waals surface area contributed by atoms with Gasteiger partial charge in [0.1, 0.15) is 5.75 Å². The van der Waals surface area contributed by atoms with Crippen LogP contribution in [0.2, 0.25) is 5.02 Å². The van der Waals surface area contributed by atoms with Gasteiger partial charge in [-0.2, -0.15) is 5.01 Å². The summed E-state index contributed by atoms with van der Waals surface area (Å²) in [5.41, 5.74) is 3.47. The number of halogens is 1. The van der Waals surface area contributed by atoms with Crippen molar-refractivity contribution in [2.45, 2.75) is 0 Å². The normalized spacial score (nSPS) is 14.9. The van der Waals surface area contributed by atoms with Crippen LogP contribution in [0.25, 0.3) is 6.08 Å². The summed E-state index contributed by atoms with van der Waals surface area (Å²) in [4.78, 5) is 35.8. The molecule has 1 aliphatic rings. The number of carboxylic acids is 1. The smallest absolute Gasteiger partial charge is 0.341 e. The van der Waals surface area contributed by atoms with Gasteiger partial charge >= 0.3 is 5.97 Å². The largest absolute Gasteiger partial charge is 0.482 e. The highest BCUT2D eigenvalue weighted by atomic mass is 35.5. The van der Waals surface area contributed by atoms with Crippen molar-refractivity contribution in [3.8, 4) is 5.75 Å². The predicted molar refractivity (Wildman–Crippen MR) is 114 cm³/mol. The van der Waals surface area contributed by atoms with Crippen LogP contribution < -0.4 is 10.2 Å². The molecule has 2 amide bonds. The van der Waals surface area contributed by atoms with E-state index in [1.54, 1.807) is 48.5 Å². The Morgan fingerprint density at radius 3 is 2.62 bits per heavy atom. The Labute approximate surface area is 180 Å². The second-order valence-electron chi connectivity index (χ2n) is 5.72. The number of nitrogens with one attached hydrogen (secondary N) is 1. The fraction of sp³-hybridized carbons (Fsp3) is 0.0526. The average molecular weight is 449 g/mol. The van der Waals surface area contributed by atoms with E-state index in [4.69, 9.17) is 33.7 Å². The van der Waals surface area contributed by atoms with E-state index in [1.165, 1.54) is 6.07 Å². The van der Waals surface area contributed by atoms with Gasteiger partial charge in [0, 0.05) is 10.6 Å². The summed E-state index contributed by atoms with van der Waals surface area (Å²) in [6.45, 7) is -0.440. The SMILES string of the molecule is O=C(O)COc1ccc(/C=C2/SC(=S)N(NC(=O)c3cccc(Cl)c3)C2=O)cc1. The van der Waals surface area contributed by atoms with Crippen molar-refractivity contribution in [2.75, 3.05) is 6.61 Å². The van der Waals surface area contributed by atoms with E-state index >= 15 is 0 Å². The molecule has 0 atom stereocenters. The molecule has 7 nitrogen and oxygen atoms in total. The summed E-state index contributed by atoms with van der Waals surface area (Å²) < 4.78 is 5.26. The van der Waals surface area contributed by atoms with Crippen molar-refractivity contribution in [1.82, 2.24) is 10.4 Å². The first-order valence-corrected chi connectivity index (χ1v) is 9.73. The van der Waals surface area contributed by atoms with E-state index in [2.05, 4.69) is 5.43 Å². The van der Waals surface area contributed by atoms with Gasteiger partial charge in [0.25, 0.3) is 11.8 Å². The van der Waals surface area contributed by atoms with Crippen LogP contribution in [-0.4, -0.2) is 38.8 Å². The van der Waals surface area contributed by atoms with Crippen LogP contribution in [0.1, 0.15) is 15.9 Å². The van der Waals surface area contributed by atoms with Crippen molar-refractivity contribution in [1.29, 1.82) is 0 Å². The van der Waals surface area contributed by atoms with Crippen molar-refractivity contribution >= 4 is 63.8 Å². The van der Waals surface area contributed by atoms with Crippen molar-refractivity contribution in [3.63, 3.8) is 0 Å². The number of thiocarbonyl (C=S) groups is 1. The minimum atomic E-state index is -1.07. The number of carbonyl (C=O) groups is 3. The summed E-state index contributed by atoms with van der Waals surface area (Å²) in [5.74, 6) is -1.64. The Balaban J connectivity index is 1.69. The molecule has 2 aromatic carbocycles. The number of aliphatic carboxylic acids is 1. The van der Waals surface area contributed by atoms with Crippen molar-refractivity contribution < 1.29 is 24.2 Å². The third kappa shape index (κ3) is 5.35. The molecule has 1 heterocycles. The highest BCUT2D eigenvalue weighted by Gasteiger charge is 2.33. The Hall–Kier alpha value is -2.88. The molecule has 0 aliphatic carbocycles. The molecule has 1 aliphatic heterocycles. The molecular formula is C19H13ClN2O5S2. The summed E-state index contributed by atoms with van der Waals surface area (Å²) in [6.07, 6.45) is 1.62. The quantitative estimate of drug-likeness (QED) is 0.516. The number of amides is 2. The number of hydrogen-bond donors (Lipinski definition) is 2. The molecule has 2 N–H and O–H groups in total. The summed E-state index contributed by atoms with van der Waals surface area (Å²) >= 11 is 12.1. The maximum Gasteiger partial charge on any atom is 0.341 e. The molecule has 0 saturated carbocycles. The summed E-state index contributed by atoms with van der Waals surface area (Å²) in [7, 11) is 0. The standard InChI is InChI=1S/C19H13ClN2O5S2/c20-13-3-1-2-12(9-13)17(25)21-22-18(26)15(29-19(22)28)8-11-4-6-14(7-5-11)27-10-16(23)24/h1-9H,10H2,(H,21,25)(H,23,24)/b15-8+. The number of hydrazine groups is 1. The number of benzene rings is 2. The lowest BCUT2D eigenvalue weighted by atomic mass is 10.2. The monoisotopic (exact) mass is 448 g/mol. The van der Waals surface area contributed by atoms with Crippen LogP contribution in [0.5, 0.6) is 5.75 Å². The topological polar surface area (TPSA) is 95.9 Å². The van der Waals surface area contributed by atoms with Crippen molar-refractivity contribution in [3.05, 3.63) is 69.6 Å². The molecule has 0 spiro atoms. The van der Waals surface area contributed by atoms with Crippen molar-refractivity contribution in [2.24, 2.45) is 0 Å². The van der Waals surface area contributed by atoms with E-state index in [0.29, 0.717) is 26.8 Å². The van der Waals surface area contributed by atoms with E-state index in [9.17, 15) is 14.4 Å². The second kappa shape index (κ2) is 9.08. The highest BCUT2D eigenvalue weighted by molar-refractivity contribution is 8.26. The van der Waals surface area contributed by atoms with Gasteiger partial charge in [-0.05, 0) is 54.2 Å². The minimum Gasteiger partial charge on any atom is -0.482 e. The Morgan fingerprint density at radius 1 is 1.24 bits per heavy atom.